The number of amides is 1. The largest absolute Gasteiger partial charge is 0.453 e. The molecule has 2 atom stereocenters. The van der Waals surface area contributed by atoms with Crippen molar-refractivity contribution in [3.8, 4) is 0 Å². The summed E-state index contributed by atoms with van der Waals surface area (Å²) < 4.78 is 38.2. The molecule has 2 aliphatic rings. The summed E-state index contributed by atoms with van der Waals surface area (Å²) in [6.45, 7) is 2.47. The van der Waals surface area contributed by atoms with Crippen molar-refractivity contribution < 1.29 is 22.7 Å². The van der Waals surface area contributed by atoms with E-state index in [2.05, 4.69) is 29.0 Å². The number of carbonyl (C=O) groups excluding carboxylic acids is 1. The van der Waals surface area contributed by atoms with Crippen LogP contribution in [0, 0.1) is 0 Å². The molecule has 1 aliphatic heterocycles. The molecule has 168 valence electrons. The summed E-state index contributed by atoms with van der Waals surface area (Å²) in [5, 5.41) is 0. The fourth-order valence-electron chi connectivity index (χ4n) is 4.58. The zero-order valence-electron chi connectivity index (χ0n) is 18.0. The molecule has 1 saturated carbocycles. The molecule has 7 nitrogen and oxygen atoms in total. The van der Waals surface area contributed by atoms with Crippen molar-refractivity contribution in [3.05, 3.63) is 35.9 Å². The first-order chi connectivity index (χ1) is 14.4. The Kier molecular flexibility index (Phi) is 8.13. The summed E-state index contributed by atoms with van der Waals surface area (Å²) in [5.41, 5.74) is 1.38. The zero-order valence-corrected chi connectivity index (χ0v) is 18.8. The molecule has 1 amide bonds. The van der Waals surface area contributed by atoms with Gasteiger partial charge in [0.15, 0.2) is 0 Å². The first-order valence-electron chi connectivity index (χ1n) is 10.9. The fraction of sp³-hybridized carbons (Fsp3) is 0.682. The smallest absolute Gasteiger partial charge is 0.409 e. The van der Waals surface area contributed by atoms with Crippen molar-refractivity contribution in [2.75, 3.05) is 26.0 Å². The number of hydrogen-bond acceptors (Lipinski definition) is 5. The lowest BCUT2D eigenvalue weighted by Gasteiger charge is -2.41. The normalized spacial score (nSPS) is 27.6. The lowest BCUT2D eigenvalue weighted by atomic mass is 9.83. The van der Waals surface area contributed by atoms with Gasteiger partial charge in [-0.3, -0.25) is 0 Å². The Morgan fingerprint density at radius 3 is 2.47 bits per heavy atom. The van der Waals surface area contributed by atoms with Gasteiger partial charge in [-0.15, -0.1) is 0 Å². The Morgan fingerprint density at radius 1 is 1.13 bits per heavy atom. The van der Waals surface area contributed by atoms with E-state index >= 15 is 0 Å². The number of sulfonamides is 1. The summed E-state index contributed by atoms with van der Waals surface area (Å²) in [6.07, 6.45) is 5.20. The second-order valence-electron chi connectivity index (χ2n) is 8.22. The number of nitrogens with one attached hydrogen (secondary N) is 1. The van der Waals surface area contributed by atoms with Gasteiger partial charge in [0.2, 0.25) is 10.0 Å². The van der Waals surface area contributed by atoms with Crippen molar-refractivity contribution in [2.24, 2.45) is 0 Å². The van der Waals surface area contributed by atoms with E-state index in [9.17, 15) is 13.2 Å². The highest BCUT2D eigenvalue weighted by Gasteiger charge is 2.37. The third-order valence-electron chi connectivity index (χ3n) is 6.35. The molecule has 3 rings (SSSR count). The number of hydrogen-bond donors (Lipinski definition) is 1. The quantitative estimate of drug-likeness (QED) is 0.706. The van der Waals surface area contributed by atoms with Crippen LogP contribution in [0.3, 0.4) is 0 Å². The average molecular weight is 439 g/mol. The lowest BCUT2D eigenvalue weighted by Crippen LogP contribution is -2.59. The van der Waals surface area contributed by atoms with Crippen LogP contribution < -0.4 is 4.72 Å². The van der Waals surface area contributed by atoms with E-state index in [0.29, 0.717) is 25.5 Å². The molecule has 1 aliphatic carbocycles. The van der Waals surface area contributed by atoms with Crippen LogP contribution >= 0.6 is 0 Å². The van der Waals surface area contributed by atoms with Crippen LogP contribution in [-0.2, 0) is 19.5 Å². The summed E-state index contributed by atoms with van der Waals surface area (Å²) in [6, 6.07) is 9.86. The van der Waals surface area contributed by atoms with Crippen LogP contribution in [0.4, 0.5) is 4.79 Å². The molecule has 1 saturated heterocycles. The second-order valence-corrected chi connectivity index (χ2v) is 10.3. The highest BCUT2D eigenvalue weighted by molar-refractivity contribution is 7.89. The standard InChI is InChI=1S/C22H34N2O5S/c1-3-30(26,27)23-20-10-7-15-24(22(25)28-2)21(20)16-29-19-13-11-18(12-14-19)17-8-5-4-6-9-17/h4-6,8-9,18-21,23H,3,7,10-16H2,1-2H3/t18?,19?,20-,21-/m0/s1. The summed E-state index contributed by atoms with van der Waals surface area (Å²) in [7, 11) is -2.02. The minimum atomic E-state index is -3.37. The van der Waals surface area contributed by atoms with Crippen LogP contribution in [0.15, 0.2) is 30.3 Å². The van der Waals surface area contributed by atoms with E-state index in [4.69, 9.17) is 9.47 Å². The van der Waals surface area contributed by atoms with Gasteiger partial charge in [0, 0.05) is 12.6 Å². The average Bonchev–Trinajstić information content (AvgIpc) is 2.78. The van der Waals surface area contributed by atoms with Crippen LogP contribution in [-0.4, -0.2) is 63.6 Å². The number of nitrogens with zero attached hydrogens (tertiary/aromatic N) is 1. The molecular formula is C22H34N2O5S. The van der Waals surface area contributed by atoms with Gasteiger partial charge < -0.3 is 14.4 Å². The molecular weight excluding hydrogens is 404 g/mol. The second kappa shape index (κ2) is 10.6. The summed E-state index contributed by atoms with van der Waals surface area (Å²) >= 11 is 0. The molecule has 1 aromatic carbocycles. The maximum Gasteiger partial charge on any atom is 0.409 e. The van der Waals surface area contributed by atoms with Crippen molar-refractivity contribution in [1.29, 1.82) is 0 Å². The number of carbonyl (C=O) groups is 1. The topological polar surface area (TPSA) is 84.9 Å². The van der Waals surface area contributed by atoms with Gasteiger partial charge in [-0.1, -0.05) is 30.3 Å². The van der Waals surface area contributed by atoms with E-state index in [1.165, 1.54) is 12.7 Å². The highest BCUT2D eigenvalue weighted by atomic mass is 32.2. The fourth-order valence-corrected chi connectivity index (χ4v) is 5.48. The van der Waals surface area contributed by atoms with Gasteiger partial charge in [-0.2, -0.15) is 0 Å². The lowest BCUT2D eigenvalue weighted by molar-refractivity contribution is -0.0245. The highest BCUT2D eigenvalue weighted by Crippen LogP contribution is 2.34. The van der Waals surface area contributed by atoms with Gasteiger partial charge in [0.25, 0.3) is 0 Å². The van der Waals surface area contributed by atoms with E-state index in [1.54, 1.807) is 11.8 Å². The first kappa shape index (κ1) is 23.0. The predicted octanol–water partition coefficient (Wildman–Crippen LogP) is 3.27. The molecule has 0 spiro atoms. The Bertz CT molecular complexity index is 778. The van der Waals surface area contributed by atoms with Gasteiger partial charge in [0.05, 0.1) is 31.6 Å². The zero-order chi connectivity index (χ0) is 21.6. The molecule has 30 heavy (non-hydrogen) atoms. The van der Waals surface area contributed by atoms with E-state index in [-0.39, 0.29) is 23.9 Å². The Morgan fingerprint density at radius 2 is 1.83 bits per heavy atom. The van der Waals surface area contributed by atoms with E-state index in [0.717, 1.165) is 32.1 Å². The van der Waals surface area contributed by atoms with Crippen molar-refractivity contribution in [1.82, 2.24) is 9.62 Å². The van der Waals surface area contributed by atoms with Crippen LogP contribution in [0.25, 0.3) is 0 Å². The van der Waals surface area contributed by atoms with E-state index in [1.807, 2.05) is 6.07 Å². The third kappa shape index (κ3) is 5.95. The van der Waals surface area contributed by atoms with Crippen molar-refractivity contribution in [2.45, 2.75) is 69.6 Å². The molecule has 0 unspecified atom stereocenters. The molecule has 0 bridgehead atoms. The van der Waals surface area contributed by atoms with Crippen molar-refractivity contribution >= 4 is 16.1 Å². The molecule has 8 heteroatoms. The first-order valence-corrected chi connectivity index (χ1v) is 12.6. The van der Waals surface area contributed by atoms with E-state index < -0.39 is 16.1 Å². The summed E-state index contributed by atoms with van der Waals surface area (Å²) in [4.78, 5) is 13.9. The number of piperidine rings is 1. The molecule has 0 aromatic heterocycles. The monoisotopic (exact) mass is 438 g/mol. The van der Waals surface area contributed by atoms with Crippen LogP contribution in [0.1, 0.15) is 56.9 Å². The van der Waals surface area contributed by atoms with Crippen molar-refractivity contribution in [3.63, 3.8) is 0 Å². The van der Waals surface area contributed by atoms with Gasteiger partial charge in [0.1, 0.15) is 0 Å². The number of ether oxygens (including phenoxy) is 2. The molecule has 2 fully saturated rings. The minimum absolute atomic E-state index is 0.0127. The Labute approximate surface area is 180 Å². The SMILES string of the molecule is CCS(=O)(=O)N[C@H]1CCCN(C(=O)OC)[C@H]1COC1CCC(c2ccccc2)CC1. The molecule has 1 heterocycles. The van der Waals surface area contributed by atoms with Crippen LogP contribution in [0.2, 0.25) is 0 Å². The minimum Gasteiger partial charge on any atom is -0.453 e. The number of methoxy groups -OCH3 is 1. The van der Waals surface area contributed by atoms with Gasteiger partial charge >= 0.3 is 6.09 Å². The van der Waals surface area contributed by atoms with Gasteiger partial charge in [-0.05, 0) is 56.9 Å². The Balaban J connectivity index is 1.60. The summed E-state index contributed by atoms with van der Waals surface area (Å²) in [5.74, 6) is 0.579. The Hall–Kier alpha value is -1.64. The third-order valence-corrected chi connectivity index (χ3v) is 7.77. The number of likely N-dealkylation sites (tertiary alicyclic amines) is 1. The predicted molar refractivity (Wildman–Crippen MR) is 116 cm³/mol. The number of rotatable bonds is 7. The van der Waals surface area contributed by atoms with Gasteiger partial charge in [-0.25, -0.2) is 17.9 Å². The maximum atomic E-state index is 12.3. The molecule has 1 N–H and O–H groups in total. The van der Waals surface area contributed by atoms with Crippen LogP contribution in [0.5, 0.6) is 0 Å². The maximum absolute atomic E-state index is 12.3. The number of benzene rings is 1. The molecule has 1 aromatic rings. The molecule has 0 radical (unpaired) electrons.